The molecule has 0 aliphatic carbocycles. The third-order valence-corrected chi connectivity index (χ3v) is 5.01. The third kappa shape index (κ3) is 8.24. The molecule has 0 nitrogen and oxygen atoms in total. The zero-order valence-corrected chi connectivity index (χ0v) is 20.2. The van der Waals surface area contributed by atoms with Crippen molar-refractivity contribution in [1.29, 1.82) is 0 Å². The van der Waals surface area contributed by atoms with Crippen molar-refractivity contribution < 1.29 is 0 Å². The van der Waals surface area contributed by atoms with Gasteiger partial charge in [0.25, 0.3) is 0 Å². The van der Waals surface area contributed by atoms with Crippen LogP contribution in [-0.2, 0) is 0 Å². The summed E-state index contributed by atoms with van der Waals surface area (Å²) in [5.74, 6) is 18.5. The maximum atomic E-state index is 3.16. The van der Waals surface area contributed by atoms with E-state index in [1.165, 1.54) is 16.7 Å². The van der Waals surface area contributed by atoms with E-state index in [1.807, 2.05) is 43.3 Å². The van der Waals surface area contributed by atoms with Crippen molar-refractivity contribution in [2.24, 2.45) is 0 Å². The summed E-state index contributed by atoms with van der Waals surface area (Å²) >= 11 is 0. The van der Waals surface area contributed by atoms with Crippen LogP contribution in [0.25, 0.3) is 0 Å². The summed E-state index contributed by atoms with van der Waals surface area (Å²) in [6.45, 7) is 8.07. The molecule has 4 aromatic rings. The van der Waals surface area contributed by atoms with Gasteiger partial charge in [-0.25, -0.2) is 0 Å². The predicted octanol–water partition coefficient (Wildman–Crippen LogP) is 7.47. The summed E-state index contributed by atoms with van der Waals surface area (Å²) < 4.78 is 0. The smallest absolute Gasteiger partial charge is 0.0249 e. The Morgan fingerprint density at radius 1 is 0.324 bits per heavy atom. The fourth-order valence-corrected chi connectivity index (χ4v) is 2.98. The molecule has 0 heteroatoms. The Morgan fingerprint density at radius 3 is 0.765 bits per heavy atom. The van der Waals surface area contributed by atoms with Gasteiger partial charge in [0.15, 0.2) is 0 Å². The van der Waals surface area contributed by atoms with E-state index in [1.54, 1.807) is 0 Å². The second-order valence-electron chi connectivity index (χ2n) is 8.05. The van der Waals surface area contributed by atoms with Crippen molar-refractivity contribution in [2.75, 3.05) is 0 Å². The molecule has 0 saturated heterocycles. The lowest BCUT2D eigenvalue weighted by Gasteiger charge is -1.93. The molecule has 0 heterocycles. The highest BCUT2D eigenvalue weighted by molar-refractivity contribution is 5.46. The van der Waals surface area contributed by atoms with Crippen LogP contribution in [0.4, 0.5) is 0 Å². The summed E-state index contributed by atoms with van der Waals surface area (Å²) in [6.07, 6.45) is 0. The molecule has 0 aromatic heterocycles. The third-order valence-electron chi connectivity index (χ3n) is 5.01. The highest BCUT2D eigenvalue weighted by atomic mass is 13.9. The van der Waals surface area contributed by atoms with E-state index >= 15 is 0 Å². The van der Waals surface area contributed by atoms with Gasteiger partial charge in [-0.2, -0.15) is 0 Å². The van der Waals surface area contributed by atoms with Gasteiger partial charge in [0.1, 0.15) is 0 Å². The Balaban J connectivity index is 0.000000192. The van der Waals surface area contributed by atoms with Gasteiger partial charge in [-0.1, -0.05) is 82.7 Å². The Morgan fingerprint density at radius 2 is 0.529 bits per heavy atom. The van der Waals surface area contributed by atoms with Crippen molar-refractivity contribution in [3.8, 4) is 35.5 Å². The van der Waals surface area contributed by atoms with Gasteiger partial charge in [0.2, 0.25) is 0 Å². The molecule has 4 aromatic carbocycles. The van der Waals surface area contributed by atoms with Gasteiger partial charge in [-0.05, 0) is 88.4 Å². The molecular formula is C34H28. The first-order valence-corrected chi connectivity index (χ1v) is 11.3. The molecule has 0 aliphatic rings. The Labute approximate surface area is 204 Å². The molecule has 0 saturated carbocycles. The van der Waals surface area contributed by atoms with Gasteiger partial charge in [-0.15, -0.1) is 5.92 Å². The van der Waals surface area contributed by atoms with Crippen molar-refractivity contribution in [3.05, 3.63) is 142 Å². The van der Waals surface area contributed by atoms with Crippen LogP contribution in [0, 0.1) is 56.3 Å². The summed E-state index contributed by atoms with van der Waals surface area (Å²) in [6, 6.07) is 32.8. The van der Waals surface area contributed by atoms with Crippen LogP contribution in [0.15, 0.2) is 97.1 Å². The number of hydrogen-bond donors (Lipinski definition) is 0. The Kier molecular flexibility index (Phi) is 8.94. The quantitative estimate of drug-likeness (QED) is 0.251. The number of rotatable bonds is 0. The maximum absolute atomic E-state index is 3.16. The van der Waals surface area contributed by atoms with E-state index < -0.39 is 0 Å². The van der Waals surface area contributed by atoms with Crippen molar-refractivity contribution in [2.45, 2.75) is 27.7 Å². The van der Waals surface area contributed by atoms with Gasteiger partial charge in [-0.3, -0.25) is 0 Å². The highest BCUT2D eigenvalue weighted by Crippen LogP contribution is 2.05. The van der Waals surface area contributed by atoms with Gasteiger partial charge in [0, 0.05) is 27.8 Å². The maximum Gasteiger partial charge on any atom is 0.0249 e. The first-order chi connectivity index (χ1) is 16.5. The lowest BCUT2D eigenvalue weighted by molar-refractivity contribution is 1.45. The minimum Gasteiger partial charge on any atom is -0.101 e. The van der Waals surface area contributed by atoms with Gasteiger partial charge in [0.05, 0.1) is 0 Å². The van der Waals surface area contributed by atoms with Crippen LogP contribution in [-0.4, -0.2) is 0 Å². The molecular weight excluding hydrogens is 408 g/mol. The van der Waals surface area contributed by atoms with Crippen molar-refractivity contribution in [1.82, 2.24) is 0 Å². The minimum atomic E-state index is 1.01. The van der Waals surface area contributed by atoms with E-state index in [0.29, 0.717) is 0 Å². The zero-order valence-electron chi connectivity index (χ0n) is 20.2. The van der Waals surface area contributed by atoms with Crippen molar-refractivity contribution in [3.63, 3.8) is 0 Å². The monoisotopic (exact) mass is 436 g/mol. The fourth-order valence-electron chi connectivity index (χ4n) is 2.98. The Bertz CT molecular complexity index is 1330. The molecule has 0 unspecified atom stereocenters. The first-order valence-electron chi connectivity index (χ1n) is 11.3. The lowest BCUT2D eigenvalue weighted by Crippen LogP contribution is -1.78. The molecule has 0 bridgehead atoms. The molecule has 0 N–H and O–H groups in total. The second kappa shape index (κ2) is 12.6. The summed E-state index contributed by atoms with van der Waals surface area (Å²) in [5.41, 5.74) is 8.98. The average Bonchev–Trinajstić information content (AvgIpc) is 2.86. The van der Waals surface area contributed by atoms with Crippen LogP contribution in [0.1, 0.15) is 51.4 Å². The zero-order chi connectivity index (χ0) is 24.2. The SMILES string of the molecule is CC#Cc1ccc(C#Cc2ccc(C)cc2)cc1.Cc1ccc(C#Cc2ccc(C)cc2)cc1. The van der Waals surface area contributed by atoms with Crippen LogP contribution in [0.3, 0.4) is 0 Å². The van der Waals surface area contributed by atoms with Crippen LogP contribution < -0.4 is 0 Å². The van der Waals surface area contributed by atoms with E-state index in [0.717, 1.165) is 27.8 Å². The standard InChI is InChI=1S/C18H14.C16H14/c1-3-4-16-9-11-18(12-10-16)14-13-17-7-5-15(2)6-8-17;1-13-3-7-15(8-4-13)11-12-16-9-5-14(2)6-10-16/h5-12H,1-2H3;3-10H,1-2H3. The largest absolute Gasteiger partial charge is 0.101 e. The summed E-state index contributed by atoms with van der Waals surface area (Å²) in [7, 11) is 0. The van der Waals surface area contributed by atoms with E-state index in [4.69, 9.17) is 0 Å². The molecule has 4 rings (SSSR count). The second-order valence-corrected chi connectivity index (χ2v) is 8.05. The molecule has 0 radical (unpaired) electrons. The van der Waals surface area contributed by atoms with Crippen LogP contribution in [0.2, 0.25) is 0 Å². The Hall–Kier alpha value is -4.44. The molecule has 0 amide bonds. The molecule has 0 fully saturated rings. The average molecular weight is 437 g/mol. The molecule has 0 atom stereocenters. The number of hydrogen-bond acceptors (Lipinski definition) is 0. The van der Waals surface area contributed by atoms with Crippen molar-refractivity contribution >= 4 is 0 Å². The van der Waals surface area contributed by atoms with E-state index in [2.05, 4.69) is 117 Å². The van der Waals surface area contributed by atoms with Gasteiger partial charge < -0.3 is 0 Å². The molecule has 0 spiro atoms. The predicted molar refractivity (Wildman–Crippen MR) is 144 cm³/mol. The molecule has 0 aliphatic heterocycles. The van der Waals surface area contributed by atoms with Crippen LogP contribution >= 0.6 is 0 Å². The number of aryl methyl sites for hydroxylation is 3. The van der Waals surface area contributed by atoms with E-state index in [9.17, 15) is 0 Å². The van der Waals surface area contributed by atoms with E-state index in [-0.39, 0.29) is 0 Å². The first kappa shape index (κ1) is 24.2. The molecule has 164 valence electrons. The molecule has 34 heavy (non-hydrogen) atoms. The summed E-state index contributed by atoms with van der Waals surface area (Å²) in [5, 5.41) is 0. The number of benzene rings is 4. The highest BCUT2D eigenvalue weighted by Gasteiger charge is 1.90. The van der Waals surface area contributed by atoms with Gasteiger partial charge >= 0.3 is 0 Å². The summed E-state index contributed by atoms with van der Waals surface area (Å²) in [4.78, 5) is 0. The van der Waals surface area contributed by atoms with Crippen LogP contribution in [0.5, 0.6) is 0 Å². The topological polar surface area (TPSA) is 0 Å². The fraction of sp³-hybridized carbons (Fsp3) is 0.118. The minimum absolute atomic E-state index is 1.01. The lowest BCUT2D eigenvalue weighted by atomic mass is 10.1. The normalized spacial score (nSPS) is 9.06.